The summed E-state index contributed by atoms with van der Waals surface area (Å²) < 4.78 is 10.5. The van der Waals surface area contributed by atoms with Crippen LogP contribution in [-0.2, 0) is 0 Å². The van der Waals surface area contributed by atoms with Gasteiger partial charge >= 0.3 is 0 Å². The summed E-state index contributed by atoms with van der Waals surface area (Å²) in [5.41, 5.74) is 1.11. The summed E-state index contributed by atoms with van der Waals surface area (Å²) in [6.45, 7) is 4.68. The first-order valence-electron chi connectivity index (χ1n) is 4.05. The summed E-state index contributed by atoms with van der Waals surface area (Å²) in [5.74, 6) is 1.80. The first kappa shape index (κ1) is 8.91. The molecular formula is C10H14O2. The minimum absolute atomic E-state index is 0.702. The molecule has 12 heavy (non-hydrogen) atoms. The molecule has 0 aliphatic carbocycles. The Morgan fingerprint density at radius 1 is 1.33 bits per heavy atom. The van der Waals surface area contributed by atoms with Crippen molar-refractivity contribution in [3.05, 3.63) is 23.8 Å². The van der Waals surface area contributed by atoms with Crippen LogP contribution in [0.3, 0.4) is 0 Å². The van der Waals surface area contributed by atoms with E-state index in [9.17, 15) is 0 Å². The molecule has 0 amide bonds. The maximum absolute atomic E-state index is 5.38. The molecule has 2 nitrogen and oxygen atoms in total. The number of ether oxygens (including phenoxy) is 2. The van der Waals surface area contributed by atoms with Crippen molar-refractivity contribution in [3.8, 4) is 11.5 Å². The molecule has 2 heteroatoms. The van der Waals surface area contributed by atoms with E-state index in [2.05, 4.69) is 0 Å². The average molecular weight is 166 g/mol. The summed E-state index contributed by atoms with van der Waals surface area (Å²) in [6, 6.07) is 5.79. The smallest absolute Gasteiger partial charge is 0.122 e. The topological polar surface area (TPSA) is 18.5 Å². The van der Waals surface area contributed by atoms with Crippen molar-refractivity contribution < 1.29 is 9.47 Å². The number of hydrogen-bond donors (Lipinski definition) is 0. The van der Waals surface area contributed by atoms with Crippen LogP contribution in [0, 0.1) is 6.92 Å². The second-order valence-corrected chi connectivity index (χ2v) is 2.56. The Morgan fingerprint density at radius 3 is 2.58 bits per heavy atom. The van der Waals surface area contributed by atoms with E-state index in [0.717, 1.165) is 17.1 Å². The fourth-order valence-corrected chi connectivity index (χ4v) is 1.07. The van der Waals surface area contributed by atoms with Gasteiger partial charge in [0.05, 0.1) is 13.7 Å². The number of methoxy groups -OCH3 is 1. The van der Waals surface area contributed by atoms with Gasteiger partial charge in [0.25, 0.3) is 0 Å². The lowest BCUT2D eigenvalue weighted by molar-refractivity contribution is 0.336. The average Bonchev–Trinajstić information content (AvgIpc) is 2.09. The van der Waals surface area contributed by atoms with E-state index in [4.69, 9.17) is 9.47 Å². The van der Waals surface area contributed by atoms with Crippen molar-refractivity contribution in [2.24, 2.45) is 0 Å². The summed E-state index contributed by atoms with van der Waals surface area (Å²) in [6.07, 6.45) is 0. The molecular weight excluding hydrogens is 152 g/mol. The second-order valence-electron chi connectivity index (χ2n) is 2.56. The third kappa shape index (κ3) is 1.91. The molecule has 0 aliphatic heterocycles. The Kier molecular flexibility index (Phi) is 2.97. The van der Waals surface area contributed by atoms with Gasteiger partial charge in [0.15, 0.2) is 0 Å². The minimum atomic E-state index is 0.702. The van der Waals surface area contributed by atoms with Crippen molar-refractivity contribution in [1.82, 2.24) is 0 Å². The van der Waals surface area contributed by atoms with Crippen LogP contribution in [0.2, 0.25) is 0 Å². The van der Waals surface area contributed by atoms with Crippen LogP contribution in [0.25, 0.3) is 0 Å². The zero-order valence-electron chi connectivity index (χ0n) is 7.76. The van der Waals surface area contributed by atoms with E-state index >= 15 is 0 Å². The Labute approximate surface area is 73.1 Å². The van der Waals surface area contributed by atoms with Crippen molar-refractivity contribution in [2.75, 3.05) is 13.7 Å². The molecule has 0 N–H and O–H groups in total. The SMILES string of the molecule is CCOc1ccc(OC)cc1C. The molecule has 1 aromatic carbocycles. The van der Waals surface area contributed by atoms with Gasteiger partial charge in [-0.25, -0.2) is 0 Å². The molecule has 0 bridgehead atoms. The molecule has 0 fully saturated rings. The van der Waals surface area contributed by atoms with Crippen LogP contribution in [0.15, 0.2) is 18.2 Å². The van der Waals surface area contributed by atoms with Crippen molar-refractivity contribution in [1.29, 1.82) is 0 Å². The van der Waals surface area contributed by atoms with Gasteiger partial charge in [0, 0.05) is 0 Å². The van der Waals surface area contributed by atoms with Crippen molar-refractivity contribution >= 4 is 0 Å². The lowest BCUT2D eigenvalue weighted by Gasteiger charge is -2.07. The highest BCUT2D eigenvalue weighted by Gasteiger charge is 1.99. The van der Waals surface area contributed by atoms with E-state index in [1.807, 2.05) is 32.0 Å². The predicted molar refractivity (Wildman–Crippen MR) is 48.9 cm³/mol. The second kappa shape index (κ2) is 4.00. The highest BCUT2D eigenvalue weighted by Crippen LogP contribution is 2.22. The summed E-state index contributed by atoms with van der Waals surface area (Å²) >= 11 is 0. The molecule has 0 aromatic heterocycles. The first-order chi connectivity index (χ1) is 5.77. The van der Waals surface area contributed by atoms with Crippen LogP contribution >= 0.6 is 0 Å². The van der Waals surface area contributed by atoms with Crippen LogP contribution in [0.5, 0.6) is 11.5 Å². The Hall–Kier alpha value is -1.18. The van der Waals surface area contributed by atoms with Crippen molar-refractivity contribution in [2.45, 2.75) is 13.8 Å². The number of aryl methyl sites for hydroxylation is 1. The van der Waals surface area contributed by atoms with E-state index in [-0.39, 0.29) is 0 Å². The predicted octanol–water partition coefficient (Wildman–Crippen LogP) is 2.40. The Bertz CT molecular complexity index is 256. The van der Waals surface area contributed by atoms with E-state index < -0.39 is 0 Å². The van der Waals surface area contributed by atoms with Gasteiger partial charge in [-0.2, -0.15) is 0 Å². The highest BCUT2D eigenvalue weighted by atomic mass is 16.5. The maximum atomic E-state index is 5.38. The van der Waals surface area contributed by atoms with Crippen LogP contribution < -0.4 is 9.47 Å². The van der Waals surface area contributed by atoms with Gasteiger partial charge in [0.1, 0.15) is 11.5 Å². The third-order valence-electron chi connectivity index (χ3n) is 1.68. The molecule has 66 valence electrons. The zero-order chi connectivity index (χ0) is 8.97. The molecule has 1 aromatic rings. The molecule has 0 saturated carbocycles. The molecule has 0 atom stereocenters. The van der Waals surface area contributed by atoms with Gasteiger partial charge in [-0.3, -0.25) is 0 Å². The van der Waals surface area contributed by atoms with E-state index in [1.165, 1.54) is 0 Å². The van der Waals surface area contributed by atoms with Crippen LogP contribution in [-0.4, -0.2) is 13.7 Å². The van der Waals surface area contributed by atoms with Gasteiger partial charge in [-0.1, -0.05) is 0 Å². The lowest BCUT2D eigenvalue weighted by atomic mass is 10.2. The van der Waals surface area contributed by atoms with Crippen LogP contribution in [0.4, 0.5) is 0 Å². The monoisotopic (exact) mass is 166 g/mol. The molecule has 1 rings (SSSR count). The van der Waals surface area contributed by atoms with Crippen LogP contribution in [0.1, 0.15) is 12.5 Å². The first-order valence-corrected chi connectivity index (χ1v) is 4.05. The number of benzene rings is 1. The highest BCUT2D eigenvalue weighted by molar-refractivity contribution is 5.39. The van der Waals surface area contributed by atoms with Gasteiger partial charge in [0.2, 0.25) is 0 Å². The Morgan fingerprint density at radius 2 is 2.08 bits per heavy atom. The summed E-state index contributed by atoms with van der Waals surface area (Å²) in [5, 5.41) is 0. The Balaban J connectivity index is 2.87. The quantitative estimate of drug-likeness (QED) is 0.686. The molecule has 0 saturated heterocycles. The van der Waals surface area contributed by atoms with E-state index in [1.54, 1.807) is 7.11 Å². The lowest BCUT2D eigenvalue weighted by Crippen LogP contribution is -1.94. The summed E-state index contributed by atoms with van der Waals surface area (Å²) in [4.78, 5) is 0. The largest absolute Gasteiger partial charge is 0.497 e. The van der Waals surface area contributed by atoms with Gasteiger partial charge < -0.3 is 9.47 Å². The minimum Gasteiger partial charge on any atom is -0.497 e. The molecule has 0 spiro atoms. The molecule has 0 aliphatic rings. The number of rotatable bonds is 3. The molecule has 0 unspecified atom stereocenters. The fourth-order valence-electron chi connectivity index (χ4n) is 1.07. The van der Waals surface area contributed by atoms with Gasteiger partial charge in [-0.05, 0) is 37.6 Å². The normalized spacial score (nSPS) is 9.58. The third-order valence-corrected chi connectivity index (χ3v) is 1.68. The summed E-state index contributed by atoms with van der Waals surface area (Å²) in [7, 11) is 1.66. The fraction of sp³-hybridized carbons (Fsp3) is 0.400. The molecule has 0 heterocycles. The van der Waals surface area contributed by atoms with E-state index in [0.29, 0.717) is 6.61 Å². The zero-order valence-corrected chi connectivity index (χ0v) is 7.76. The number of hydrogen-bond acceptors (Lipinski definition) is 2. The standard InChI is InChI=1S/C10H14O2/c1-4-12-10-6-5-9(11-3)7-8(10)2/h5-7H,4H2,1-3H3. The van der Waals surface area contributed by atoms with Crippen molar-refractivity contribution in [3.63, 3.8) is 0 Å². The molecule has 0 radical (unpaired) electrons. The van der Waals surface area contributed by atoms with Gasteiger partial charge in [-0.15, -0.1) is 0 Å². The maximum Gasteiger partial charge on any atom is 0.122 e.